The molecule has 0 spiro atoms. The van der Waals surface area contributed by atoms with Crippen molar-refractivity contribution in [1.29, 1.82) is 0 Å². The van der Waals surface area contributed by atoms with Crippen LogP contribution >= 0.6 is 12.0 Å². The van der Waals surface area contributed by atoms with Crippen molar-refractivity contribution in [2.24, 2.45) is 11.3 Å². The van der Waals surface area contributed by atoms with Crippen LogP contribution in [-0.2, 0) is 4.18 Å². The highest BCUT2D eigenvalue weighted by atomic mass is 32.2. The third-order valence-electron chi connectivity index (χ3n) is 9.09. The SMILES string of the molecule is CCCC1=C(c2ccc(SOCC(C)(C(C)CC)C(F)(F)F)cn2)CC(c2ccccc2)C(C)c2cc(OC(F)F)ccc21. The first-order valence-electron chi connectivity index (χ1n) is 15.1. The Morgan fingerprint density at radius 1 is 1.02 bits per heavy atom. The van der Waals surface area contributed by atoms with Gasteiger partial charge in [0, 0.05) is 18.2 Å². The Balaban J connectivity index is 1.70. The molecule has 0 saturated carbocycles. The van der Waals surface area contributed by atoms with Gasteiger partial charge in [0.15, 0.2) is 0 Å². The van der Waals surface area contributed by atoms with Crippen LogP contribution in [0.15, 0.2) is 71.8 Å². The van der Waals surface area contributed by atoms with Gasteiger partial charge in [-0.1, -0.05) is 76.9 Å². The minimum atomic E-state index is -4.39. The summed E-state index contributed by atoms with van der Waals surface area (Å²) >= 11 is 0.901. The maximum Gasteiger partial charge on any atom is 0.396 e. The van der Waals surface area contributed by atoms with Crippen molar-refractivity contribution in [3.05, 3.63) is 89.2 Å². The van der Waals surface area contributed by atoms with E-state index in [2.05, 4.69) is 26.0 Å². The standard InChI is InChI=1S/C35H40F5NO2S/c1-6-11-27-28-16-14-25(43-33(36)37)18-30(28)23(4)29(24-12-9-8-10-13-24)19-31(27)32-17-15-26(20-41-32)44-42-21-34(5,22(3)7-2)35(38,39)40/h8-10,12-18,20,22-23,29,33H,6-7,11,19,21H2,1-5H3. The Bertz CT molecular complexity index is 1410. The quantitative estimate of drug-likeness (QED) is 0.147. The van der Waals surface area contributed by atoms with Gasteiger partial charge in [0.2, 0.25) is 0 Å². The van der Waals surface area contributed by atoms with Crippen LogP contribution in [0.25, 0.3) is 11.1 Å². The molecule has 4 rings (SSSR count). The Kier molecular flexibility index (Phi) is 11.2. The van der Waals surface area contributed by atoms with E-state index in [4.69, 9.17) is 13.9 Å². The van der Waals surface area contributed by atoms with Crippen LogP contribution in [0.1, 0.15) is 94.5 Å². The summed E-state index contributed by atoms with van der Waals surface area (Å²) in [5.41, 5.74) is 4.06. The number of fused-ring (bicyclic) bond motifs is 1. The van der Waals surface area contributed by atoms with E-state index >= 15 is 0 Å². The van der Waals surface area contributed by atoms with Crippen LogP contribution in [0.5, 0.6) is 5.75 Å². The summed E-state index contributed by atoms with van der Waals surface area (Å²) in [4.78, 5) is 5.38. The smallest absolute Gasteiger partial charge is 0.396 e. The van der Waals surface area contributed by atoms with Crippen molar-refractivity contribution < 1.29 is 30.9 Å². The van der Waals surface area contributed by atoms with Crippen molar-refractivity contribution in [3.63, 3.8) is 0 Å². The highest BCUT2D eigenvalue weighted by Crippen LogP contribution is 2.50. The first kappa shape index (κ1) is 34.0. The molecule has 3 nitrogen and oxygen atoms in total. The van der Waals surface area contributed by atoms with E-state index in [9.17, 15) is 22.0 Å². The molecule has 1 aliphatic carbocycles. The summed E-state index contributed by atoms with van der Waals surface area (Å²) in [6.07, 6.45) is -0.0534. The molecule has 0 radical (unpaired) electrons. The first-order valence-corrected chi connectivity index (χ1v) is 15.8. The lowest BCUT2D eigenvalue weighted by Crippen LogP contribution is -2.44. The molecule has 9 heteroatoms. The van der Waals surface area contributed by atoms with E-state index < -0.39 is 30.7 Å². The summed E-state index contributed by atoms with van der Waals surface area (Å²) in [5.74, 6) is -0.426. The Labute approximate surface area is 261 Å². The Morgan fingerprint density at radius 3 is 2.34 bits per heavy atom. The van der Waals surface area contributed by atoms with Crippen LogP contribution in [-0.4, -0.2) is 24.4 Å². The Hall–Kier alpha value is -2.91. The summed E-state index contributed by atoms with van der Waals surface area (Å²) in [6, 6.07) is 19.0. The highest BCUT2D eigenvalue weighted by Gasteiger charge is 2.54. The third-order valence-corrected chi connectivity index (χ3v) is 9.76. The number of hydrogen-bond donors (Lipinski definition) is 0. The van der Waals surface area contributed by atoms with Gasteiger partial charge in [0.25, 0.3) is 0 Å². The van der Waals surface area contributed by atoms with Crippen molar-refractivity contribution >= 4 is 23.2 Å². The molecule has 44 heavy (non-hydrogen) atoms. The zero-order valence-corrected chi connectivity index (χ0v) is 26.6. The number of ether oxygens (including phenoxy) is 1. The number of allylic oxidation sites excluding steroid dienone is 2. The van der Waals surface area contributed by atoms with Gasteiger partial charge in [-0.15, -0.1) is 0 Å². The van der Waals surface area contributed by atoms with Gasteiger partial charge >= 0.3 is 12.8 Å². The van der Waals surface area contributed by atoms with E-state index in [-0.39, 0.29) is 17.6 Å². The number of nitrogens with zero attached hydrogens (tertiary/aromatic N) is 1. The zero-order valence-electron chi connectivity index (χ0n) is 25.8. The number of halogens is 5. The molecule has 0 bridgehead atoms. The molecule has 3 aromatic rings. The third kappa shape index (κ3) is 7.48. The van der Waals surface area contributed by atoms with Crippen LogP contribution in [0.2, 0.25) is 0 Å². The highest BCUT2D eigenvalue weighted by molar-refractivity contribution is 7.94. The van der Waals surface area contributed by atoms with Crippen molar-refractivity contribution in [1.82, 2.24) is 4.98 Å². The number of pyridine rings is 1. The monoisotopic (exact) mass is 633 g/mol. The average molecular weight is 634 g/mol. The summed E-state index contributed by atoms with van der Waals surface area (Å²) < 4.78 is 78.2. The topological polar surface area (TPSA) is 31.4 Å². The second-order valence-corrected chi connectivity index (χ2v) is 12.7. The van der Waals surface area contributed by atoms with E-state index in [0.29, 0.717) is 17.7 Å². The predicted octanol–water partition coefficient (Wildman–Crippen LogP) is 11.3. The molecule has 4 unspecified atom stereocenters. The van der Waals surface area contributed by atoms with Crippen LogP contribution in [0, 0.1) is 11.3 Å². The summed E-state index contributed by atoms with van der Waals surface area (Å²) in [7, 11) is 0. The molecule has 2 aromatic carbocycles. The largest absolute Gasteiger partial charge is 0.435 e. The minimum absolute atomic E-state index is 0.00494. The molecule has 1 aliphatic rings. The van der Waals surface area contributed by atoms with Crippen molar-refractivity contribution in [2.45, 2.75) is 89.8 Å². The second-order valence-electron chi connectivity index (χ2n) is 11.8. The van der Waals surface area contributed by atoms with Crippen LogP contribution < -0.4 is 4.74 Å². The lowest BCUT2D eigenvalue weighted by Gasteiger charge is -2.36. The molecule has 0 saturated heterocycles. The minimum Gasteiger partial charge on any atom is -0.435 e. The molecule has 238 valence electrons. The maximum atomic E-state index is 13.9. The van der Waals surface area contributed by atoms with E-state index in [1.165, 1.54) is 6.92 Å². The zero-order chi connectivity index (χ0) is 32.1. The molecule has 0 aliphatic heterocycles. The van der Waals surface area contributed by atoms with Crippen molar-refractivity contribution in [2.75, 3.05) is 6.61 Å². The molecular formula is C35H40F5NO2S. The number of hydrogen-bond acceptors (Lipinski definition) is 4. The summed E-state index contributed by atoms with van der Waals surface area (Å²) in [6.45, 7) is 5.39. The fraction of sp³-hybridized carbons (Fsp3) is 0.457. The van der Waals surface area contributed by atoms with Gasteiger partial charge in [0.1, 0.15) is 5.75 Å². The number of alkyl halides is 5. The fourth-order valence-electron chi connectivity index (χ4n) is 5.95. The van der Waals surface area contributed by atoms with E-state index in [0.717, 1.165) is 58.4 Å². The average Bonchev–Trinajstić information content (AvgIpc) is 3.11. The molecule has 0 N–H and O–H groups in total. The van der Waals surface area contributed by atoms with Gasteiger partial charge in [0.05, 0.1) is 22.6 Å². The summed E-state index contributed by atoms with van der Waals surface area (Å²) in [5, 5.41) is 0. The lowest BCUT2D eigenvalue weighted by atomic mass is 9.77. The maximum absolute atomic E-state index is 13.9. The van der Waals surface area contributed by atoms with Gasteiger partial charge in [-0.25, -0.2) is 0 Å². The lowest BCUT2D eigenvalue weighted by molar-refractivity contribution is -0.242. The Morgan fingerprint density at radius 2 is 1.75 bits per heavy atom. The molecule has 4 atom stereocenters. The molecule has 0 amide bonds. The molecular weight excluding hydrogens is 593 g/mol. The van der Waals surface area contributed by atoms with Crippen LogP contribution in [0.3, 0.4) is 0 Å². The van der Waals surface area contributed by atoms with E-state index in [1.807, 2.05) is 36.4 Å². The van der Waals surface area contributed by atoms with Crippen LogP contribution in [0.4, 0.5) is 22.0 Å². The van der Waals surface area contributed by atoms with Gasteiger partial charge in [-0.05, 0) is 89.6 Å². The fourth-order valence-corrected chi connectivity index (χ4v) is 6.61. The van der Waals surface area contributed by atoms with Gasteiger partial charge < -0.3 is 8.92 Å². The predicted molar refractivity (Wildman–Crippen MR) is 167 cm³/mol. The molecule has 1 heterocycles. The molecule has 1 aromatic heterocycles. The second kappa shape index (κ2) is 14.5. The van der Waals surface area contributed by atoms with Crippen molar-refractivity contribution in [3.8, 4) is 5.75 Å². The number of rotatable bonds is 12. The number of benzene rings is 2. The van der Waals surface area contributed by atoms with E-state index in [1.54, 1.807) is 32.2 Å². The van der Waals surface area contributed by atoms with Gasteiger partial charge in [-0.3, -0.25) is 4.98 Å². The number of aromatic nitrogens is 1. The molecule has 0 fully saturated rings. The first-order chi connectivity index (χ1) is 20.9. The van der Waals surface area contributed by atoms with Gasteiger partial charge in [-0.2, -0.15) is 22.0 Å². The normalized spacial score (nSPS) is 19.3.